The Morgan fingerprint density at radius 3 is 2.70 bits per heavy atom. The molecule has 0 saturated carbocycles. The second-order valence-electron chi connectivity index (χ2n) is 8.37. The lowest BCUT2D eigenvalue weighted by Gasteiger charge is -2.34. The summed E-state index contributed by atoms with van der Waals surface area (Å²) in [4.78, 5) is 28.1. The number of aromatic nitrogens is 2. The van der Waals surface area contributed by atoms with Gasteiger partial charge in [-0.25, -0.2) is 9.97 Å². The third-order valence-electron chi connectivity index (χ3n) is 5.85. The number of carbonyl (C=O) groups is 1. The number of hydrogen-bond acceptors (Lipinski definition) is 7. The second kappa shape index (κ2) is 10.9. The van der Waals surface area contributed by atoms with Crippen LogP contribution in [0.25, 0.3) is 16.3 Å². The largest absolute Gasteiger partial charge is 0.383 e. The summed E-state index contributed by atoms with van der Waals surface area (Å²) >= 11 is 1.45. The van der Waals surface area contributed by atoms with Crippen LogP contribution in [0, 0.1) is 6.92 Å². The van der Waals surface area contributed by atoms with E-state index in [4.69, 9.17) is 4.74 Å². The third kappa shape index (κ3) is 5.58. The average molecular weight is 466 g/mol. The molecule has 7 nitrogen and oxygen atoms in total. The van der Waals surface area contributed by atoms with Crippen LogP contribution in [-0.2, 0) is 4.74 Å². The van der Waals surface area contributed by atoms with Gasteiger partial charge in [0.15, 0.2) is 0 Å². The first-order valence-corrected chi connectivity index (χ1v) is 12.1. The van der Waals surface area contributed by atoms with Gasteiger partial charge in [-0.3, -0.25) is 9.69 Å². The molecule has 8 heteroatoms. The molecule has 1 aliphatic heterocycles. The van der Waals surface area contributed by atoms with Gasteiger partial charge in [0.25, 0.3) is 5.91 Å². The van der Waals surface area contributed by atoms with Gasteiger partial charge in [0, 0.05) is 45.9 Å². The molecule has 3 heterocycles. The molecule has 0 spiro atoms. The predicted octanol–water partition coefficient (Wildman–Crippen LogP) is 3.92. The topological polar surface area (TPSA) is 70.6 Å². The molecule has 1 amide bonds. The van der Waals surface area contributed by atoms with Gasteiger partial charge in [0.1, 0.15) is 17.0 Å². The highest BCUT2D eigenvalue weighted by atomic mass is 32.1. The lowest BCUT2D eigenvalue weighted by molar-refractivity contribution is 0.0654. The van der Waals surface area contributed by atoms with Crippen LogP contribution in [0.4, 0.5) is 5.82 Å². The Hall–Kier alpha value is -2.81. The third-order valence-corrected chi connectivity index (χ3v) is 7.04. The van der Waals surface area contributed by atoms with Crippen molar-refractivity contribution in [2.45, 2.75) is 19.9 Å². The highest BCUT2D eigenvalue weighted by molar-refractivity contribution is 7.20. The van der Waals surface area contributed by atoms with Crippen molar-refractivity contribution in [2.75, 3.05) is 51.8 Å². The number of piperazine rings is 1. The minimum Gasteiger partial charge on any atom is -0.383 e. The van der Waals surface area contributed by atoms with Gasteiger partial charge in [0.05, 0.1) is 16.9 Å². The maximum atomic E-state index is 13.3. The summed E-state index contributed by atoms with van der Waals surface area (Å²) in [5.41, 5.74) is 2.15. The quantitative estimate of drug-likeness (QED) is 0.544. The number of amides is 1. The van der Waals surface area contributed by atoms with Crippen molar-refractivity contribution in [1.29, 1.82) is 0 Å². The minimum absolute atomic E-state index is 0.0888. The summed E-state index contributed by atoms with van der Waals surface area (Å²) in [6.45, 7) is 8.70. The van der Waals surface area contributed by atoms with Crippen LogP contribution in [0.3, 0.4) is 0 Å². The Labute approximate surface area is 199 Å². The highest BCUT2D eigenvalue weighted by Gasteiger charge is 2.26. The number of ether oxygens (including phenoxy) is 1. The van der Waals surface area contributed by atoms with E-state index in [1.54, 1.807) is 13.4 Å². The zero-order chi connectivity index (χ0) is 23.2. The summed E-state index contributed by atoms with van der Waals surface area (Å²) in [6, 6.07) is 10.4. The van der Waals surface area contributed by atoms with Crippen LogP contribution in [0.2, 0.25) is 0 Å². The van der Waals surface area contributed by atoms with Crippen LogP contribution in [0.1, 0.15) is 27.7 Å². The average Bonchev–Trinajstić information content (AvgIpc) is 3.17. The molecule has 174 valence electrons. The number of nitrogens with one attached hydrogen (secondary N) is 1. The molecule has 0 unspecified atom stereocenters. The summed E-state index contributed by atoms with van der Waals surface area (Å²) in [7, 11) is 1.68. The fourth-order valence-corrected chi connectivity index (χ4v) is 5.21. The van der Waals surface area contributed by atoms with Crippen LogP contribution >= 0.6 is 11.3 Å². The Morgan fingerprint density at radius 2 is 1.97 bits per heavy atom. The molecule has 1 aromatic carbocycles. The van der Waals surface area contributed by atoms with E-state index in [1.165, 1.54) is 16.9 Å². The lowest BCUT2D eigenvalue weighted by Crippen LogP contribution is -2.48. The van der Waals surface area contributed by atoms with E-state index >= 15 is 0 Å². The Morgan fingerprint density at radius 1 is 1.21 bits per heavy atom. The Kier molecular flexibility index (Phi) is 7.69. The number of hydrogen-bond donors (Lipinski definition) is 1. The Balaban J connectivity index is 1.40. The van der Waals surface area contributed by atoms with Crippen LogP contribution in [-0.4, -0.2) is 78.2 Å². The summed E-state index contributed by atoms with van der Waals surface area (Å²) in [5, 5.41) is 4.32. The van der Waals surface area contributed by atoms with E-state index in [1.807, 2.05) is 36.9 Å². The number of methoxy groups -OCH3 is 1. The van der Waals surface area contributed by atoms with Gasteiger partial charge in [-0.15, -0.1) is 11.3 Å². The van der Waals surface area contributed by atoms with E-state index in [0.717, 1.165) is 59.2 Å². The van der Waals surface area contributed by atoms with E-state index < -0.39 is 0 Å². The number of benzene rings is 1. The van der Waals surface area contributed by atoms with Gasteiger partial charge in [-0.2, -0.15) is 0 Å². The normalized spacial score (nSPS) is 15.9. The van der Waals surface area contributed by atoms with Crippen LogP contribution in [0.5, 0.6) is 0 Å². The number of anilines is 1. The molecule has 0 radical (unpaired) electrons. The van der Waals surface area contributed by atoms with E-state index in [2.05, 4.69) is 44.5 Å². The molecule has 33 heavy (non-hydrogen) atoms. The molecule has 2 aromatic heterocycles. The number of fused-ring (bicyclic) bond motifs is 1. The van der Waals surface area contributed by atoms with E-state index in [9.17, 15) is 4.79 Å². The number of carbonyl (C=O) groups excluding carboxylic acids is 1. The molecule has 1 fully saturated rings. The summed E-state index contributed by atoms with van der Waals surface area (Å²) in [6.07, 6.45) is 5.90. The number of aryl methyl sites for hydroxylation is 1. The van der Waals surface area contributed by atoms with Gasteiger partial charge < -0.3 is 15.0 Å². The fraction of sp³-hybridized carbons (Fsp3) is 0.400. The molecule has 3 aromatic rings. The second-order valence-corrected chi connectivity index (χ2v) is 9.36. The molecule has 1 aliphatic rings. The molecule has 0 aliphatic carbocycles. The van der Waals surface area contributed by atoms with Gasteiger partial charge in [-0.1, -0.05) is 42.5 Å². The zero-order valence-electron chi connectivity index (χ0n) is 19.5. The maximum Gasteiger partial charge on any atom is 0.264 e. The molecule has 0 bridgehead atoms. The first-order chi connectivity index (χ1) is 16.1. The molecular formula is C25H31N5O2S. The first-order valence-electron chi connectivity index (χ1n) is 11.3. The number of thiophene rings is 1. The minimum atomic E-state index is 0.0888. The van der Waals surface area contributed by atoms with Crippen molar-refractivity contribution in [3.05, 3.63) is 58.7 Å². The van der Waals surface area contributed by atoms with Crippen LogP contribution in [0.15, 0.2) is 42.7 Å². The van der Waals surface area contributed by atoms with Gasteiger partial charge in [-0.05, 0) is 25.0 Å². The van der Waals surface area contributed by atoms with Gasteiger partial charge in [0.2, 0.25) is 0 Å². The monoisotopic (exact) mass is 465 g/mol. The standard InChI is InChI=1S/C25H31N5O2S/c1-18(16-32-3)28-23-21-19(2)22(33-24(21)27-17-26-23)25(31)30-14-12-29(13-15-30)11-7-10-20-8-5-4-6-9-20/h4-10,17-18H,11-16H2,1-3H3,(H,26,27,28)/b10-7+/t18-/m0/s1. The van der Waals surface area contributed by atoms with E-state index in [-0.39, 0.29) is 11.9 Å². The maximum absolute atomic E-state index is 13.3. The smallest absolute Gasteiger partial charge is 0.264 e. The molecular weight excluding hydrogens is 434 g/mol. The molecule has 4 rings (SSSR count). The lowest BCUT2D eigenvalue weighted by atomic mass is 10.1. The number of rotatable bonds is 8. The first kappa shape index (κ1) is 23.4. The molecule has 1 atom stereocenters. The van der Waals surface area contributed by atoms with Crippen molar-refractivity contribution >= 4 is 39.4 Å². The van der Waals surface area contributed by atoms with Crippen molar-refractivity contribution in [2.24, 2.45) is 0 Å². The predicted molar refractivity (Wildman–Crippen MR) is 135 cm³/mol. The highest BCUT2D eigenvalue weighted by Crippen LogP contribution is 2.34. The van der Waals surface area contributed by atoms with Crippen molar-refractivity contribution in [1.82, 2.24) is 19.8 Å². The van der Waals surface area contributed by atoms with E-state index in [0.29, 0.717) is 6.61 Å². The SMILES string of the molecule is COC[C@H](C)Nc1ncnc2sc(C(=O)N3CCN(C/C=C/c4ccccc4)CC3)c(C)c12. The van der Waals surface area contributed by atoms with Crippen molar-refractivity contribution in [3.8, 4) is 0 Å². The zero-order valence-corrected chi connectivity index (χ0v) is 20.3. The summed E-state index contributed by atoms with van der Waals surface area (Å²) < 4.78 is 5.22. The van der Waals surface area contributed by atoms with Crippen LogP contribution < -0.4 is 5.32 Å². The van der Waals surface area contributed by atoms with Crippen molar-refractivity contribution < 1.29 is 9.53 Å². The molecule has 1 N–H and O–H groups in total. The fourth-order valence-electron chi connectivity index (χ4n) is 4.09. The Bertz CT molecular complexity index is 1110. The van der Waals surface area contributed by atoms with Gasteiger partial charge >= 0.3 is 0 Å². The number of nitrogens with zero attached hydrogens (tertiary/aromatic N) is 4. The molecule has 1 saturated heterocycles. The summed E-state index contributed by atoms with van der Waals surface area (Å²) in [5.74, 6) is 0.846. The van der Waals surface area contributed by atoms with Crippen molar-refractivity contribution in [3.63, 3.8) is 0 Å².